The van der Waals surface area contributed by atoms with E-state index >= 15 is 0 Å². The summed E-state index contributed by atoms with van der Waals surface area (Å²) in [5.41, 5.74) is 2.14. The van der Waals surface area contributed by atoms with Gasteiger partial charge in [-0.25, -0.2) is 0 Å². The normalized spacial score (nSPS) is 11.9. The Morgan fingerprint density at radius 1 is 1.50 bits per heavy atom. The third kappa shape index (κ3) is 2.71. The Morgan fingerprint density at radius 2 is 2.19 bits per heavy atom. The largest absolute Gasteiger partial charge is 0.496 e. The highest BCUT2D eigenvalue weighted by molar-refractivity contribution is 6.31. The van der Waals surface area contributed by atoms with Crippen molar-refractivity contribution in [2.45, 2.75) is 32.6 Å². The molecule has 0 aliphatic carbocycles. The lowest BCUT2D eigenvalue weighted by Crippen LogP contribution is -2.00. The van der Waals surface area contributed by atoms with Crippen molar-refractivity contribution in [2.24, 2.45) is 0 Å². The smallest absolute Gasteiger partial charge is 0.122 e. The molecule has 0 aromatic heterocycles. The quantitative estimate of drug-likeness (QED) is 0.713. The molecule has 86 valence electrons. The number of rotatable bonds is 4. The molecule has 0 fully saturated rings. The fraction of sp³-hybridized carbons (Fsp3) is 0.429. The Labute approximate surface area is 103 Å². The number of terminal acetylenes is 1. The minimum absolute atomic E-state index is 0.318. The predicted octanol–water partition coefficient (Wildman–Crippen LogP) is 4.17. The maximum Gasteiger partial charge on any atom is 0.122 e. The van der Waals surface area contributed by atoms with Gasteiger partial charge in [0, 0.05) is 11.4 Å². The highest BCUT2D eigenvalue weighted by Crippen LogP contribution is 2.35. The second-order valence-electron chi connectivity index (χ2n) is 3.86. The number of hydrogen-bond acceptors (Lipinski definition) is 1. The summed E-state index contributed by atoms with van der Waals surface area (Å²) in [6, 6.07) is 3.94. The molecule has 0 N–H and O–H groups in total. The third-order valence-electron chi connectivity index (χ3n) is 2.81. The van der Waals surface area contributed by atoms with Gasteiger partial charge >= 0.3 is 0 Å². The van der Waals surface area contributed by atoms with Crippen molar-refractivity contribution in [1.82, 2.24) is 0 Å². The van der Waals surface area contributed by atoms with Crippen LogP contribution < -0.4 is 4.74 Å². The summed E-state index contributed by atoms with van der Waals surface area (Å²) >= 11 is 6.14. The van der Waals surface area contributed by atoms with Crippen molar-refractivity contribution < 1.29 is 4.74 Å². The number of ether oxygens (including phenoxy) is 1. The second kappa shape index (κ2) is 5.82. The summed E-state index contributed by atoms with van der Waals surface area (Å²) in [6.45, 7) is 4.09. The number of benzene rings is 1. The lowest BCUT2D eigenvalue weighted by Gasteiger charge is -2.17. The third-order valence-corrected chi connectivity index (χ3v) is 3.22. The van der Waals surface area contributed by atoms with Gasteiger partial charge in [0.2, 0.25) is 0 Å². The van der Waals surface area contributed by atoms with Gasteiger partial charge in [0.15, 0.2) is 0 Å². The van der Waals surface area contributed by atoms with Crippen molar-refractivity contribution in [3.63, 3.8) is 0 Å². The summed E-state index contributed by atoms with van der Waals surface area (Å²) in [5, 5.41) is 0.770. The van der Waals surface area contributed by atoms with Gasteiger partial charge in [0.1, 0.15) is 5.75 Å². The molecule has 1 unspecified atom stereocenters. The molecule has 0 spiro atoms. The van der Waals surface area contributed by atoms with Crippen LogP contribution in [-0.2, 0) is 0 Å². The molecule has 2 heteroatoms. The molecule has 1 rings (SSSR count). The highest BCUT2D eigenvalue weighted by atomic mass is 35.5. The maximum absolute atomic E-state index is 6.14. The number of halogens is 1. The minimum Gasteiger partial charge on any atom is -0.496 e. The van der Waals surface area contributed by atoms with Gasteiger partial charge in [-0.15, -0.1) is 12.3 Å². The van der Waals surface area contributed by atoms with E-state index in [4.69, 9.17) is 22.8 Å². The molecule has 0 bridgehead atoms. The minimum atomic E-state index is 0.318. The lowest BCUT2D eigenvalue weighted by molar-refractivity contribution is 0.404. The van der Waals surface area contributed by atoms with Gasteiger partial charge in [-0.2, -0.15) is 0 Å². The van der Waals surface area contributed by atoms with E-state index in [9.17, 15) is 0 Å². The number of methoxy groups -OCH3 is 1. The van der Waals surface area contributed by atoms with Gasteiger partial charge in [0.05, 0.1) is 7.11 Å². The van der Waals surface area contributed by atoms with Crippen LogP contribution in [-0.4, -0.2) is 7.11 Å². The van der Waals surface area contributed by atoms with E-state index in [1.165, 1.54) is 0 Å². The standard InChI is InChI=1S/C14H17ClO/c1-5-7-11(6-2)12-9-13(15)10(3)8-14(12)16-4/h1,8-9,11H,6-7H2,2-4H3. The number of hydrogen-bond donors (Lipinski definition) is 0. The second-order valence-corrected chi connectivity index (χ2v) is 4.26. The summed E-state index contributed by atoms with van der Waals surface area (Å²) in [4.78, 5) is 0. The number of aryl methyl sites for hydroxylation is 1. The molecule has 1 atom stereocenters. The molecule has 0 heterocycles. The fourth-order valence-electron chi connectivity index (χ4n) is 1.78. The van der Waals surface area contributed by atoms with Gasteiger partial charge in [-0.05, 0) is 42.5 Å². The molecule has 1 nitrogen and oxygen atoms in total. The molecular weight excluding hydrogens is 220 g/mol. The summed E-state index contributed by atoms with van der Waals surface area (Å²) < 4.78 is 5.38. The van der Waals surface area contributed by atoms with E-state index in [0.717, 1.165) is 28.3 Å². The summed E-state index contributed by atoms with van der Waals surface area (Å²) in [7, 11) is 1.68. The Balaban J connectivity index is 3.20. The summed E-state index contributed by atoms with van der Waals surface area (Å²) in [6.07, 6.45) is 7.08. The van der Waals surface area contributed by atoms with Crippen LogP contribution >= 0.6 is 11.6 Å². The average Bonchev–Trinajstić information content (AvgIpc) is 2.29. The Hall–Kier alpha value is -1.13. The van der Waals surface area contributed by atoms with Crippen LogP contribution in [0.15, 0.2) is 12.1 Å². The van der Waals surface area contributed by atoms with E-state index in [1.807, 2.05) is 19.1 Å². The van der Waals surface area contributed by atoms with Crippen molar-refractivity contribution >= 4 is 11.6 Å². The van der Waals surface area contributed by atoms with Crippen molar-refractivity contribution in [1.29, 1.82) is 0 Å². The lowest BCUT2D eigenvalue weighted by atomic mass is 9.92. The average molecular weight is 237 g/mol. The molecule has 0 amide bonds. The van der Waals surface area contributed by atoms with Crippen LogP contribution in [0.1, 0.15) is 36.8 Å². The predicted molar refractivity (Wildman–Crippen MR) is 69.2 cm³/mol. The molecule has 16 heavy (non-hydrogen) atoms. The molecule has 0 aliphatic rings. The monoisotopic (exact) mass is 236 g/mol. The van der Waals surface area contributed by atoms with Crippen LogP contribution in [0.3, 0.4) is 0 Å². The van der Waals surface area contributed by atoms with Gasteiger partial charge < -0.3 is 4.74 Å². The van der Waals surface area contributed by atoms with E-state index in [-0.39, 0.29) is 0 Å². The van der Waals surface area contributed by atoms with Crippen molar-refractivity contribution in [2.75, 3.05) is 7.11 Å². The Kier molecular flexibility index (Phi) is 4.71. The molecular formula is C14H17ClO. The fourth-order valence-corrected chi connectivity index (χ4v) is 1.95. The van der Waals surface area contributed by atoms with Crippen LogP contribution in [0.5, 0.6) is 5.75 Å². The molecule has 1 aromatic carbocycles. The first-order chi connectivity index (χ1) is 7.63. The first kappa shape index (κ1) is 12.9. The van der Waals surface area contributed by atoms with E-state index < -0.39 is 0 Å². The summed E-state index contributed by atoms with van der Waals surface area (Å²) in [5.74, 6) is 3.90. The first-order valence-corrected chi connectivity index (χ1v) is 5.79. The molecule has 0 radical (unpaired) electrons. The SMILES string of the molecule is C#CCC(CC)c1cc(Cl)c(C)cc1OC. The van der Waals surface area contributed by atoms with Gasteiger partial charge in [0.25, 0.3) is 0 Å². The van der Waals surface area contributed by atoms with E-state index in [2.05, 4.69) is 12.8 Å². The topological polar surface area (TPSA) is 9.23 Å². The van der Waals surface area contributed by atoms with Gasteiger partial charge in [-0.3, -0.25) is 0 Å². The molecule has 1 aromatic rings. The zero-order valence-corrected chi connectivity index (χ0v) is 10.8. The van der Waals surface area contributed by atoms with Crippen molar-refractivity contribution in [3.8, 4) is 18.1 Å². The first-order valence-electron chi connectivity index (χ1n) is 5.41. The van der Waals surface area contributed by atoms with Crippen LogP contribution in [0.25, 0.3) is 0 Å². The molecule has 0 aliphatic heterocycles. The van der Waals surface area contributed by atoms with Gasteiger partial charge in [-0.1, -0.05) is 18.5 Å². The highest BCUT2D eigenvalue weighted by Gasteiger charge is 2.15. The molecule has 0 saturated heterocycles. The zero-order valence-electron chi connectivity index (χ0n) is 10.0. The van der Waals surface area contributed by atoms with E-state index in [1.54, 1.807) is 7.11 Å². The maximum atomic E-state index is 6.14. The van der Waals surface area contributed by atoms with E-state index in [0.29, 0.717) is 12.3 Å². The Morgan fingerprint density at radius 3 is 2.69 bits per heavy atom. The van der Waals surface area contributed by atoms with Crippen LogP contribution in [0, 0.1) is 19.3 Å². The van der Waals surface area contributed by atoms with Crippen molar-refractivity contribution in [3.05, 3.63) is 28.3 Å². The molecule has 0 saturated carbocycles. The van der Waals surface area contributed by atoms with Crippen LogP contribution in [0.2, 0.25) is 5.02 Å². The van der Waals surface area contributed by atoms with Crippen LogP contribution in [0.4, 0.5) is 0 Å². The zero-order chi connectivity index (χ0) is 12.1. The Bertz CT molecular complexity index is 404.